The molecule has 0 saturated heterocycles. The predicted octanol–water partition coefficient (Wildman–Crippen LogP) is 4.10. The van der Waals surface area contributed by atoms with Crippen LogP contribution in [0.15, 0.2) is 42.5 Å². The normalized spacial score (nSPS) is 12.1. The van der Waals surface area contributed by atoms with Gasteiger partial charge in [-0.05, 0) is 42.2 Å². The molecule has 0 aliphatic rings. The summed E-state index contributed by atoms with van der Waals surface area (Å²) in [4.78, 5) is 11.4. The van der Waals surface area contributed by atoms with Crippen LogP contribution in [0, 0.1) is 17.6 Å². The van der Waals surface area contributed by atoms with Crippen molar-refractivity contribution in [2.75, 3.05) is 0 Å². The molecule has 0 aromatic heterocycles. The molecule has 110 valence electrons. The van der Waals surface area contributed by atoms with Crippen LogP contribution in [-0.4, -0.2) is 11.1 Å². The van der Waals surface area contributed by atoms with E-state index in [9.17, 15) is 18.7 Å². The summed E-state index contributed by atoms with van der Waals surface area (Å²) in [5.41, 5.74) is 1.16. The van der Waals surface area contributed by atoms with Gasteiger partial charge in [0.05, 0.1) is 10.9 Å². The van der Waals surface area contributed by atoms with Gasteiger partial charge in [-0.15, -0.1) is 0 Å². The van der Waals surface area contributed by atoms with Gasteiger partial charge in [0.1, 0.15) is 11.6 Å². The van der Waals surface area contributed by atoms with Crippen molar-refractivity contribution in [3.05, 3.63) is 70.2 Å². The highest BCUT2D eigenvalue weighted by Gasteiger charge is 2.20. The van der Waals surface area contributed by atoms with Crippen molar-refractivity contribution < 1.29 is 18.7 Å². The van der Waals surface area contributed by atoms with Crippen LogP contribution in [0.4, 0.5) is 8.78 Å². The number of carbonyl (C=O) groups is 1. The van der Waals surface area contributed by atoms with E-state index in [0.29, 0.717) is 11.1 Å². The summed E-state index contributed by atoms with van der Waals surface area (Å²) in [5, 5.41) is 9.25. The fourth-order valence-electron chi connectivity index (χ4n) is 2.12. The Bertz CT molecular complexity index is 641. The summed E-state index contributed by atoms with van der Waals surface area (Å²) in [6.07, 6.45) is 0.339. The van der Waals surface area contributed by atoms with Crippen LogP contribution in [0.25, 0.3) is 0 Å². The van der Waals surface area contributed by atoms with Crippen LogP contribution in [0.1, 0.15) is 11.1 Å². The van der Waals surface area contributed by atoms with Gasteiger partial charge >= 0.3 is 5.97 Å². The van der Waals surface area contributed by atoms with Crippen molar-refractivity contribution in [1.29, 1.82) is 0 Å². The first-order valence-corrected chi connectivity index (χ1v) is 6.75. The van der Waals surface area contributed by atoms with E-state index < -0.39 is 17.7 Å². The molecule has 1 N–H and O–H groups in total. The van der Waals surface area contributed by atoms with Crippen molar-refractivity contribution in [3.8, 4) is 0 Å². The minimum absolute atomic E-state index is 0.0529. The molecular formula is C16H13ClF2O2. The molecule has 0 fully saturated rings. The summed E-state index contributed by atoms with van der Waals surface area (Å²) < 4.78 is 26.2. The van der Waals surface area contributed by atoms with Gasteiger partial charge in [-0.1, -0.05) is 35.9 Å². The Labute approximate surface area is 126 Å². The number of carboxylic acid groups (broad SMARTS) is 1. The zero-order valence-electron chi connectivity index (χ0n) is 11.0. The average Bonchev–Trinajstić information content (AvgIpc) is 2.45. The van der Waals surface area contributed by atoms with E-state index in [1.165, 1.54) is 24.3 Å². The number of halogens is 3. The lowest BCUT2D eigenvalue weighted by Gasteiger charge is -2.14. The smallest absolute Gasteiger partial charge is 0.307 e. The van der Waals surface area contributed by atoms with Crippen molar-refractivity contribution in [1.82, 2.24) is 0 Å². The summed E-state index contributed by atoms with van der Waals surface area (Å²) in [6, 6.07) is 9.96. The second-order valence-electron chi connectivity index (χ2n) is 4.78. The zero-order valence-corrected chi connectivity index (χ0v) is 11.8. The lowest BCUT2D eigenvalue weighted by atomic mass is 9.92. The first-order chi connectivity index (χ1) is 9.97. The van der Waals surface area contributed by atoms with Gasteiger partial charge in [-0.3, -0.25) is 4.79 Å². The van der Waals surface area contributed by atoms with Crippen molar-refractivity contribution in [3.63, 3.8) is 0 Å². The first kappa shape index (κ1) is 15.4. The second-order valence-corrected chi connectivity index (χ2v) is 5.16. The molecule has 0 aliphatic carbocycles. The molecule has 2 aromatic carbocycles. The number of hydrogen-bond acceptors (Lipinski definition) is 1. The van der Waals surface area contributed by atoms with Crippen LogP contribution in [0.2, 0.25) is 5.02 Å². The topological polar surface area (TPSA) is 37.3 Å². The first-order valence-electron chi connectivity index (χ1n) is 6.37. The molecule has 2 nitrogen and oxygen atoms in total. The fourth-order valence-corrected chi connectivity index (χ4v) is 2.33. The van der Waals surface area contributed by atoms with E-state index in [2.05, 4.69) is 0 Å². The molecule has 2 aromatic rings. The molecule has 0 heterocycles. The molecular weight excluding hydrogens is 298 g/mol. The predicted molar refractivity (Wildman–Crippen MR) is 76.3 cm³/mol. The molecule has 1 atom stereocenters. The monoisotopic (exact) mass is 310 g/mol. The maximum Gasteiger partial charge on any atom is 0.307 e. The van der Waals surface area contributed by atoms with Gasteiger partial charge in [0.15, 0.2) is 0 Å². The van der Waals surface area contributed by atoms with E-state index in [1.807, 2.05) is 0 Å². The molecule has 0 spiro atoms. The Balaban J connectivity index is 2.18. The molecule has 0 amide bonds. The van der Waals surface area contributed by atoms with Crippen molar-refractivity contribution in [2.45, 2.75) is 12.8 Å². The van der Waals surface area contributed by atoms with E-state index in [0.717, 1.165) is 0 Å². The largest absolute Gasteiger partial charge is 0.481 e. The lowest BCUT2D eigenvalue weighted by Crippen LogP contribution is -2.19. The van der Waals surface area contributed by atoms with Crippen LogP contribution >= 0.6 is 11.6 Å². The van der Waals surface area contributed by atoms with Gasteiger partial charge in [0.2, 0.25) is 0 Å². The SMILES string of the molecule is O=C(O)C(Cc1ccc(F)cc1)Cc1cccc(F)c1Cl. The minimum atomic E-state index is -1.00. The number of hydrogen-bond donors (Lipinski definition) is 1. The maximum atomic E-state index is 13.4. The Hall–Kier alpha value is -1.94. The Morgan fingerprint density at radius 1 is 1.10 bits per heavy atom. The van der Waals surface area contributed by atoms with Crippen LogP contribution in [0.3, 0.4) is 0 Å². The van der Waals surface area contributed by atoms with Crippen molar-refractivity contribution in [2.24, 2.45) is 5.92 Å². The van der Waals surface area contributed by atoms with Gasteiger partial charge in [-0.25, -0.2) is 8.78 Å². The van der Waals surface area contributed by atoms with Gasteiger partial charge < -0.3 is 5.11 Å². The van der Waals surface area contributed by atoms with Crippen LogP contribution in [-0.2, 0) is 17.6 Å². The minimum Gasteiger partial charge on any atom is -0.481 e. The fraction of sp³-hybridized carbons (Fsp3) is 0.188. The van der Waals surface area contributed by atoms with Crippen molar-refractivity contribution >= 4 is 17.6 Å². The number of rotatable bonds is 5. The van der Waals surface area contributed by atoms with E-state index in [1.54, 1.807) is 18.2 Å². The third kappa shape index (κ3) is 4.02. The highest BCUT2D eigenvalue weighted by molar-refractivity contribution is 6.31. The van der Waals surface area contributed by atoms with Gasteiger partial charge in [0, 0.05) is 0 Å². The molecule has 2 rings (SSSR count). The summed E-state index contributed by atoms with van der Waals surface area (Å²) in [7, 11) is 0. The number of benzene rings is 2. The Morgan fingerprint density at radius 3 is 2.38 bits per heavy atom. The summed E-state index contributed by atoms with van der Waals surface area (Å²) in [6.45, 7) is 0. The Kier molecular flexibility index (Phi) is 4.91. The molecule has 5 heteroatoms. The molecule has 0 aliphatic heterocycles. The highest BCUT2D eigenvalue weighted by atomic mass is 35.5. The lowest BCUT2D eigenvalue weighted by molar-refractivity contribution is -0.141. The molecule has 1 unspecified atom stereocenters. The van der Waals surface area contributed by atoms with Gasteiger partial charge in [0.25, 0.3) is 0 Å². The average molecular weight is 311 g/mol. The number of aliphatic carboxylic acids is 1. The standard InChI is InChI=1S/C16H13ClF2O2/c17-15-11(2-1-3-14(15)19)9-12(16(20)21)8-10-4-6-13(18)7-5-10/h1-7,12H,8-9H2,(H,20,21). The molecule has 0 saturated carbocycles. The van der Waals surface area contributed by atoms with Gasteiger partial charge in [-0.2, -0.15) is 0 Å². The van der Waals surface area contributed by atoms with E-state index >= 15 is 0 Å². The summed E-state index contributed by atoms with van der Waals surface area (Å²) >= 11 is 5.85. The van der Waals surface area contributed by atoms with Crippen LogP contribution in [0.5, 0.6) is 0 Å². The molecule has 21 heavy (non-hydrogen) atoms. The molecule has 0 bridgehead atoms. The third-order valence-corrected chi connectivity index (χ3v) is 3.67. The van der Waals surface area contributed by atoms with E-state index in [-0.39, 0.29) is 23.7 Å². The maximum absolute atomic E-state index is 13.4. The quantitative estimate of drug-likeness (QED) is 0.902. The number of carboxylic acids is 1. The van der Waals surface area contributed by atoms with Crippen LogP contribution < -0.4 is 0 Å². The molecule has 0 radical (unpaired) electrons. The summed E-state index contributed by atoms with van der Waals surface area (Å²) in [5.74, 6) is -2.70. The third-order valence-electron chi connectivity index (χ3n) is 3.24. The zero-order chi connectivity index (χ0) is 15.4. The van der Waals surface area contributed by atoms with E-state index in [4.69, 9.17) is 11.6 Å². The second kappa shape index (κ2) is 6.68. The highest BCUT2D eigenvalue weighted by Crippen LogP contribution is 2.24. The Morgan fingerprint density at radius 2 is 1.76 bits per heavy atom.